The van der Waals surface area contributed by atoms with Crippen LogP contribution in [-0.4, -0.2) is 30.4 Å². The molecule has 0 saturated heterocycles. The molecule has 0 aromatic heterocycles. The van der Waals surface area contributed by atoms with E-state index < -0.39 is 17.9 Å². The van der Waals surface area contributed by atoms with Crippen molar-refractivity contribution in [3.8, 4) is 0 Å². The molecular formula is C14H16N2O4. The predicted molar refractivity (Wildman–Crippen MR) is 73.3 cm³/mol. The summed E-state index contributed by atoms with van der Waals surface area (Å²) in [7, 11) is 0. The number of hydrogen-bond acceptors (Lipinski definition) is 4. The normalized spacial score (nSPS) is 17.8. The number of nitrogens with zero attached hydrogens (tertiary/aromatic N) is 1. The van der Waals surface area contributed by atoms with Crippen LogP contribution in [-0.2, 0) is 19.1 Å². The van der Waals surface area contributed by atoms with Crippen molar-refractivity contribution in [1.29, 1.82) is 0 Å². The van der Waals surface area contributed by atoms with Gasteiger partial charge in [-0.1, -0.05) is 12.1 Å². The molecule has 106 valence electrons. The third-order valence-corrected chi connectivity index (χ3v) is 3.03. The van der Waals surface area contributed by atoms with Gasteiger partial charge in [-0.2, -0.15) is 0 Å². The molecule has 0 aliphatic carbocycles. The number of para-hydroxylation sites is 2. The van der Waals surface area contributed by atoms with E-state index in [0.29, 0.717) is 11.4 Å². The standard InChI is InChI=1S/C14H16N2O4/c1-3-20-14(19)13(18)16-9(2)8-12(17)15-10-6-4-5-7-11(10)16/h4-7,9H,3,8H2,1-2H3,(H,15,17)/t9-/m0/s1. The third kappa shape index (κ3) is 2.64. The molecule has 6 heteroatoms. The highest BCUT2D eigenvalue weighted by Gasteiger charge is 2.33. The number of fused-ring (bicyclic) bond motifs is 1. The summed E-state index contributed by atoms with van der Waals surface area (Å²) in [6, 6.07) is 6.46. The fourth-order valence-corrected chi connectivity index (χ4v) is 2.19. The predicted octanol–water partition coefficient (Wildman–Crippen LogP) is 1.31. The van der Waals surface area contributed by atoms with Gasteiger partial charge in [-0.05, 0) is 26.0 Å². The molecule has 0 radical (unpaired) electrons. The first-order chi connectivity index (χ1) is 9.54. The number of esters is 1. The fourth-order valence-electron chi connectivity index (χ4n) is 2.19. The number of carbonyl (C=O) groups is 3. The van der Waals surface area contributed by atoms with Gasteiger partial charge in [-0.15, -0.1) is 0 Å². The molecule has 0 bridgehead atoms. The minimum absolute atomic E-state index is 0.125. The minimum Gasteiger partial charge on any atom is -0.459 e. The lowest BCUT2D eigenvalue weighted by Gasteiger charge is -2.26. The second-order valence-electron chi connectivity index (χ2n) is 4.51. The second-order valence-corrected chi connectivity index (χ2v) is 4.51. The van der Waals surface area contributed by atoms with E-state index in [1.54, 1.807) is 38.1 Å². The summed E-state index contributed by atoms with van der Waals surface area (Å²) in [6.45, 7) is 3.49. The van der Waals surface area contributed by atoms with Crippen LogP contribution in [0.3, 0.4) is 0 Å². The Balaban J connectivity index is 2.42. The SMILES string of the molecule is CCOC(=O)C(=O)N1c2ccccc2NC(=O)C[C@@H]1C. The lowest BCUT2D eigenvalue weighted by Crippen LogP contribution is -2.43. The van der Waals surface area contributed by atoms with E-state index in [0.717, 1.165) is 0 Å². The monoisotopic (exact) mass is 276 g/mol. The van der Waals surface area contributed by atoms with Crippen LogP contribution < -0.4 is 10.2 Å². The van der Waals surface area contributed by atoms with E-state index in [1.165, 1.54) is 4.90 Å². The van der Waals surface area contributed by atoms with Gasteiger partial charge in [0.15, 0.2) is 0 Å². The summed E-state index contributed by atoms with van der Waals surface area (Å²) in [5.74, 6) is -1.86. The van der Waals surface area contributed by atoms with Crippen molar-refractivity contribution in [3.05, 3.63) is 24.3 Å². The first kappa shape index (κ1) is 14.0. The Hall–Kier alpha value is -2.37. The Bertz CT molecular complexity index is 556. The Morgan fingerprint density at radius 2 is 2.10 bits per heavy atom. The Morgan fingerprint density at radius 1 is 1.40 bits per heavy atom. The van der Waals surface area contributed by atoms with Gasteiger partial charge >= 0.3 is 11.9 Å². The van der Waals surface area contributed by atoms with Gasteiger partial charge in [0, 0.05) is 12.5 Å². The first-order valence-electron chi connectivity index (χ1n) is 6.43. The summed E-state index contributed by atoms with van der Waals surface area (Å²) < 4.78 is 4.75. The van der Waals surface area contributed by atoms with Crippen molar-refractivity contribution in [2.75, 3.05) is 16.8 Å². The fraction of sp³-hybridized carbons (Fsp3) is 0.357. The summed E-state index contributed by atoms with van der Waals surface area (Å²) in [5, 5.41) is 2.72. The first-order valence-corrected chi connectivity index (χ1v) is 6.43. The average molecular weight is 276 g/mol. The largest absolute Gasteiger partial charge is 0.459 e. The van der Waals surface area contributed by atoms with Crippen LogP contribution in [0.4, 0.5) is 11.4 Å². The quantitative estimate of drug-likeness (QED) is 0.620. The maximum atomic E-state index is 12.2. The summed E-state index contributed by atoms with van der Waals surface area (Å²) >= 11 is 0. The molecule has 0 spiro atoms. The smallest absolute Gasteiger partial charge is 0.397 e. The zero-order valence-corrected chi connectivity index (χ0v) is 11.4. The Labute approximate surface area is 116 Å². The van der Waals surface area contributed by atoms with Crippen LogP contribution in [0.15, 0.2) is 24.3 Å². The topological polar surface area (TPSA) is 75.7 Å². The van der Waals surface area contributed by atoms with E-state index in [2.05, 4.69) is 5.32 Å². The summed E-state index contributed by atoms with van der Waals surface area (Å²) in [6.07, 6.45) is 0.125. The molecular weight excluding hydrogens is 260 g/mol. The van der Waals surface area contributed by atoms with Crippen molar-refractivity contribution in [1.82, 2.24) is 0 Å². The van der Waals surface area contributed by atoms with E-state index in [9.17, 15) is 14.4 Å². The van der Waals surface area contributed by atoms with Crippen molar-refractivity contribution in [2.24, 2.45) is 0 Å². The number of amides is 2. The molecule has 6 nitrogen and oxygen atoms in total. The van der Waals surface area contributed by atoms with Crippen molar-refractivity contribution < 1.29 is 19.1 Å². The molecule has 2 amide bonds. The number of ether oxygens (including phenoxy) is 1. The van der Waals surface area contributed by atoms with Gasteiger partial charge in [0.1, 0.15) is 0 Å². The molecule has 1 N–H and O–H groups in total. The number of benzene rings is 1. The molecule has 0 saturated carbocycles. The highest BCUT2D eigenvalue weighted by Crippen LogP contribution is 2.31. The van der Waals surface area contributed by atoms with Crippen LogP contribution in [0.2, 0.25) is 0 Å². The molecule has 1 aromatic rings. The van der Waals surface area contributed by atoms with E-state index in [4.69, 9.17) is 4.74 Å². The molecule has 1 aromatic carbocycles. The molecule has 0 fully saturated rings. The minimum atomic E-state index is -0.913. The lowest BCUT2D eigenvalue weighted by atomic mass is 10.1. The molecule has 1 aliphatic rings. The molecule has 0 unspecified atom stereocenters. The number of rotatable bonds is 1. The van der Waals surface area contributed by atoms with Gasteiger partial charge in [0.2, 0.25) is 5.91 Å². The van der Waals surface area contributed by atoms with E-state index >= 15 is 0 Å². The van der Waals surface area contributed by atoms with Gasteiger partial charge in [-0.25, -0.2) is 4.79 Å². The molecule has 1 heterocycles. The molecule has 1 atom stereocenters. The number of hydrogen-bond donors (Lipinski definition) is 1. The van der Waals surface area contributed by atoms with Gasteiger partial charge < -0.3 is 10.1 Å². The maximum Gasteiger partial charge on any atom is 0.397 e. The van der Waals surface area contributed by atoms with Crippen molar-refractivity contribution in [2.45, 2.75) is 26.3 Å². The highest BCUT2D eigenvalue weighted by atomic mass is 16.5. The van der Waals surface area contributed by atoms with E-state index in [1.807, 2.05) is 0 Å². The summed E-state index contributed by atoms with van der Waals surface area (Å²) in [5.41, 5.74) is 1.02. The third-order valence-electron chi connectivity index (χ3n) is 3.03. The summed E-state index contributed by atoms with van der Waals surface area (Å²) in [4.78, 5) is 37.0. The lowest BCUT2D eigenvalue weighted by molar-refractivity contribution is -0.153. The number of anilines is 2. The van der Waals surface area contributed by atoms with Gasteiger partial charge in [0.25, 0.3) is 0 Å². The molecule has 1 aliphatic heterocycles. The van der Waals surface area contributed by atoms with Crippen LogP contribution in [0.25, 0.3) is 0 Å². The Morgan fingerprint density at radius 3 is 2.80 bits per heavy atom. The molecule has 2 rings (SSSR count). The van der Waals surface area contributed by atoms with Crippen LogP contribution in [0.5, 0.6) is 0 Å². The molecule has 20 heavy (non-hydrogen) atoms. The van der Waals surface area contributed by atoms with Crippen molar-refractivity contribution >= 4 is 29.2 Å². The average Bonchev–Trinajstić information content (AvgIpc) is 2.52. The van der Waals surface area contributed by atoms with Crippen molar-refractivity contribution in [3.63, 3.8) is 0 Å². The Kier molecular flexibility index (Phi) is 4.02. The van der Waals surface area contributed by atoms with Crippen LogP contribution >= 0.6 is 0 Å². The van der Waals surface area contributed by atoms with Gasteiger partial charge in [-0.3, -0.25) is 14.5 Å². The zero-order valence-electron chi connectivity index (χ0n) is 11.4. The zero-order chi connectivity index (χ0) is 14.7. The second kappa shape index (κ2) is 5.73. The van der Waals surface area contributed by atoms with Crippen LogP contribution in [0.1, 0.15) is 20.3 Å². The van der Waals surface area contributed by atoms with E-state index in [-0.39, 0.29) is 18.9 Å². The maximum absolute atomic E-state index is 12.2. The number of carbonyl (C=O) groups excluding carboxylic acids is 3. The number of nitrogens with one attached hydrogen (secondary N) is 1. The highest BCUT2D eigenvalue weighted by molar-refractivity contribution is 6.38. The van der Waals surface area contributed by atoms with Crippen LogP contribution in [0, 0.1) is 0 Å². The van der Waals surface area contributed by atoms with Gasteiger partial charge in [0.05, 0.1) is 18.0 Å².